The number of amides is 1. The number of primary amides is 1. The van der Waals surface area contributed by atoms with Gasteiger partial charge in [0.1, 0.15) is 22.8 Å². The number of aromatic nitrogens is 2. The molecule has 7 heteroatoms. The first kappa shape index (κ1) is 11.9. The van der Waals surface area contributed by atoms with Crippen molar-refractivity contribution in [3.05, 3.63) is 41.1 Å². The molecule has 2 aromatic heterocycles. The molecule has 1 amide bonds. The third kappa shape index (κ3) is 2.24. The number of carbonyl (C=O) groups excluding carboxylic acids is 1. The molecule has 94 valence electrons. The molecule has 2 aromatic rings. The van der Waals surface area contributed by atoms with Crippen molar-refractivity contribution >= 4 is 11.9 Å². The summed E-state index contributed by atoms with van der Waals surface area (Å²) in [5.41, 5.74) is 5.34. The SMILES string of the molecule is Cc1oc(Cn2ccc(C(N)=O)n2)cc1C(=O)O. The summed E-state index contributed by atoms with van der Waals surface area (Å²) >= 11 is 0. The summed E-state index contributed by atoms with van der Waals surface area (Å²) in [4.78, 5) is 21.7. The van der Waals surface area contributed by atoms with Crippen LogP contribution in [0.4, 0.5) is 0 Å². The number of rotatable bonds is 4. The molecule has 3 N–H and O–H groups in total. The van der Waals surface area contributed by atoms with Gasteiger partial charge in [0.2, 0.25) is 0 Å². The normalized spacial score (nSPS) is 10.5. The zero-order valence-electron chi connectivity index (χ0n) is 9.58. The lowest BCUT2D eigenvalue weighted by Crippen LogP contribution is -2.12. The maximum absolute atomic E-state index is 10.9. The number of hydrogen-bond donors (Lipinski definition) is 2. The molecule has 2 rings (SSSR count). The van der Waals surface area contributed by atoms with Crippen LogP contribution in [-0.2, 0) is 6.54 Å². The molecule has 0 aliphatic heterocycles. The van der Waals surface area contributed by atoms with Gasteiger partial charge in [-0.1, -0.05) is 0 Å². The third-order valence-electron chi connectivity index (χ3n) is 2.41. The van der Waals surface area contributed by atoms with Crippen LogP contribution >= 0.6 is 0 Å². The predicted octanol–water partition coefficient (Wildman–Crippen LogP) is 0.630. The van der Waals surface area contributed by atoms with Crippen molar-refractivity contribution in [2.75, 3.05) is 0 Å². The molecule has 0 unspecified atom stereocenters. The maximum Gasteiger partial charge on any atom is 0.339 e. The molecule has 0 aromatic carbocycles. The summed E-state index contributed by atoms with van der Waals surface area (Å²) in [6.07, 6.45) is 1.57. The fourth-order valence-electron chi connectivity index (χ4n) is 1.57. The quantitative estimate of drug-likeness (QED) is 0.825. The number of hydrogen-bond acceptors (Lipinski definition) is 4. The van der Waals surface area contributed by atoms with Gasteiger partial charge in [0.05, 0.1) is 6.54 Å². The topological polar surface area (TPSA) is 111 Å². The van der Waals surface area contributed by atoms with Crippen LogP contribution in [0.2, 0.25) is 0 Å². The Morgan fingerprint density at radius 2 is 2.28 bits per heavy atom. The van der Waals surface area contributed by atoms with Crippen LogP contribution < -0.4 is 5.73 Å². The van der Waals surface area contributed by atoms with Gasteiger partial charge in [0.25, 0.3) is 5.91 Å². The monoisotopic (exact) mass is 249 g/mol. The van der Waals surface area contributed by atoms with Gasteiger partial charge < -0.3 is 15.3 Å². The van der Waals surface area contributed by atoms with Gasteiger partial charge in [-0.3, -0.25) is 9.48 Å². The number of furan rings is 1. The Morgan fingerprint density at radius 3 is 2.78 bits per heavy atom. The van der Waals surface area contributed by atoms with Crippen molar-refractivity contribution in [2.24, 2.45) is 5.73 Å². The molecule has 0 saturated carbocycles. The highest BCUT2D eigenvalue weighted by Crippen LogP contribution is 2.15. The summed E-state index contributed by atoms with van der Waals surface area (Å²) in [5.74, 6) is -0.875. The van der Waals surface area contributed by atoms with Gasteiger partial charge in [-0.05, 0) is 19.1 Å². The predicted molar refractivity (Wildman–Crippen MR) is 60.3 cm³/mol. The molecular formula is C11H11N3O4. The van der Waals surface area contributed by atoms with Crippen molar-refractivity contribution in [3.8, 4) is 0 Å². The number of carboxylic acid groups (broad SMARTS) is 1. The average molecular weight is 249 g/mol. The molecule has 0 aliphatic carbocycles. The third-order valence-corrected chi connectivity index (χ3v) is 2.41. The van der Waals surface area contributed by atoms with Crippen molar-refractivity contribution in [2.45, 2.75) is 13.5 Å². The van der Waals surface area contributed by atoms with Crippen molar-refractivity contribution in [3.63, 3.8) is 0 Å². The lowest BCUT2D eigenvalue weighted by molar-refractivity contribution is 0.0694. The van der Waals surface area contributed by atoms with E-state index < -0.39 is 11.9 Å². The van der Waals surface area contributed by atoms with Crippen LogP contribution in [-0.4, -0.2) is 26.8 Å². The minimum Gasteiger partial charge on any atom is -0.478 e. The summed E-state index contributed by atoms with van der Waals surface area (Å²) in [6.45, 7) is 1.81. The molecule has 7 nitrogen and oxygen atoms in total. The van der Waals surface area contributed by atoms with E-state index in [0.717, 1.165) is 0 Å². The van der Waals surface area contributed by atoms with Crippen LogP contribution in [0.25, 0.3) is 0 Å². The lowest BCUT2D eigenvalue weighted by atomic mass is 10.2. The highest BCUT2D eigenvalue weighted by Gasteiger charge is 2.14. The second-order valence-electron chi connectivity index (χ2n) is 3.75. The highest BCUT2D eigenvalue weighted by molar-refractivity contribution is 5.90. The van der Waals surface area contributed by atoms with Gasteiger partial charge in [0, 0.05) is 6.20 Å². The zero-order chi connectivity index (χ0) is 13.3. The van der Waals surface area contributed by atoms with E-state index in [-0.39, 0.29) is 17.8 Å². The number of nitrogens with zero attached hydrogens (tertiary/aromatic N) is 2. The Labute approximate surface area is 102 Å². The Hall–Kier alpha value is -2.57. The van der Waals surface area contributed by atoms with Gasteiger partial charge in [-0.2, -0.15) is 5.10 Å². The van der Waals surface area contributed by atoms with Gasteiger partial charge in [0.15, 0.2) is 0 Å². The fraction of sp³-hybridized carbons (Fsp3) is 0.182. The summed E-state index contributed by atoms with van der Waals surface area (Å²) in [7, 11) is 0. The second-order valence-corrected chi connectivity index (χ2v) is 3.75. The van der Waals surface area contributed by atoms with Crippen LogP contribution in [0.15, 0.2) is 22.7 Å². The summed E-state index contributed by atoms with van der Waals surface area (Å²) < 4.78 is 6.74. The number of carbonyl (C=O) groups is 2. The highest BCUT2D eigenvalue weighted by atomic mass is 16.4. The van der Waals surface area contributed by atoms with E-state index in [1.54, 1.807) is 13.1 Å². The van der Waals surface area contributed by atoms with Gasteiger partial charge >= 0.3 is 5.97 Å². The lowest BCUT2D eigenvalue weighted by Gasteiger charge is -1.96. The van der Waals surface area contributed by atoms with E-state index in [2.05, 4.69) is 5.10 Å². The molecule has 0 atom stereocenters. The minimum absolute atomic E-state index is 0.118. The molecule has 18 heavy (non-hydrogen) atoms. The number of nitrogens with two attached hydrogens (primary N) is 1. The van der Waals surface area contributed by atoms with Gasteiger partial charge in [-0.15, -0.1) is 0 Å². The Balaban J connectivity index is 2.20. The van der Waals surface area contributed by atoms with E-state index in [1.165, 1.54) is 16.8 Å². The molecule has 0 radical (unpaired) electrons. The molecule has 0 spiro atoms. The fourth-order valence-corrected chi connectivity index (χ4v) is 1.57. The van der Waals surface area contributed by atoms with Crippen molar-refractivity contribution < 1.29 is 19.1 Å². The standard InChI is InChI=1S/C11H11N3O4/c1-6-8(11(16)17)4-7(18-6)5-14-3-2-9(13-14)10(12)15/h2-4H,5H2,1H3,(H2,12,15)(H,16,17). The van der Waals surface area contributed by atoms with Crippen molar-refractivity contribution in [1.29, 1.82) is 0 Å². The zero-order valence-corrected chi connectivity index (χ0v) is 9.58. The Bertz CT molecular complexity index is 612. The number of aryl methyl sites for hydroxylation is 1. The van der Waals surface area contributed by atoms with Gasteiger partial charge in [-0.25, -0.2) is 4.79 Å². The maximum atomic E-state index is 10.9. The van der Waals surface area contributed by atoms with E-state index in [9.17, 15) is 9.59 Å². The smallest absolute Gasteiger partial charge is 0.339 e. The number of carboxylic acids is 1. The molecule has 0 aliphatic rings. The first-order chi connectivity index (χ1) is 8.47. The van der Waals surface area contributed by atoms with Crippen LogP contribution in [0.1, 0.15) is 32.4 Å². The summed E-state index contributed by atoms with van der Waals surface area (Å²) in [6, 6.07) is 2.92. The molecule has 0 saturated heterocycles. The average Bonchev–Trinajstić information content (AvgIpc) is 2.86. The van der Waals surface area contributed by atoms with Crippen molar-refractivity contribution in [1.82, 2.24) is 9.78 Å². The van der Waals surface area contributed by atoms with E-state index >= 15 is 0 Å². The Morgan fingerprint density at radius 1 is 1.56 bits per heavy atom. The Kier molecular flexibility index (Phi) is 2.88. The van der Waals surface area contributed by atoms with Crippen LogP contribution in [0.5, 0.6) is 0 Å². The number of aromatic carboxylic acids is 1. The first-order valence-electron chi connectivity index (χ1n) is 5.13. The first-order valence-corrected chi connectivity index (χ1v) is 5.13. The van der Waals surface area contributed by atoms with E-state index in [1.807, 2.05) is 0 Å². The van der Waals surface area contributed by atoms with E-state index in [0.29, 0.717) is 11.5 Å². The molecule has 0 fully saturated rings. The molecule has 0 bridgehead atoms. The summed E-state index contributed by atoms with van der Waals surface area (Å²) in [5, 5.41) is 12.8. The molecule has 2 heterocycles. The molecular weight excluding hydrogens is 238 g/mol. The van der Waals surface area contributed by atoms with Crippen LogP contribution in [0, 0.1) is 6.92 Å². The van der Waals surface area contributed by atoms with Crippen LogP contribution in [0.3, 0.4) is 0 Å². The second kappa shape index (κ2) is 4.36. The minimum atomic E-state index is -1.04. The van der Waals surface area contributed by atoms with E-state index in [4.69, 9.17) is 15.3 Å². The largest absolute Gasteiger partial charge is 0.478 e.